The zero-order chi connectivity index (χ0) is 43.7. The molecule has 0 atom stereocenters. The van der Waals surface area contributed by atoms with Crippen molar-refractivity contribution >= 4 is 28.6 Å². The van der Waals surface area contributed by atoms with E-state index in [9.17, 15) is 0 Å². The maximum atomic E-state index is 7.90. The Bertz CT molecular complexity index is 2830. The second-order valence-electron chi connectivity index (χ2n) is 19.0. The highest BCUT2D eigenvalue weighted by molar-refractivity contribution is 7.98. The second-order valence-corrected chi connectivity index (χ2v) is 19.9. The molecule has 10 rings (SSSR count). The van der Waals surface area contributed by atoms with Crippen LogP contribution >= 0.6 is 11.8 Å². The number of para-hydroxylation sites is 1. The van der Waals surface area contributed by atoms with E-state index in [1.54, 1.807) is 21.3 Å². The third kappa shape index (κ3) is 6.85. The summed E-state index contributed by atoms with van der Waals surface area (Å²) in [4.78, 5) is 1.28. The van der Waals surface area contributed by atoms with Crippen LogP contribution in [0.25, 0.3) is 39.1 Å². The van der Waals surface area contributed by atoms with E-state index < -0.39 is 5.60 Å². The molecule has 0 N–H and O–H groups in total. The van der Waals surface area contributed by atoms with Gasteiger partial charge in [-0.2, -0.15) is 0 Å². The van der Waals surface area contributed by atoms with Crippen LogP contribution in [0.3, 0.4) is 0 Å². The summed E-state index contributed by atoms with van der Waals surface area (Å²) >= 11 is 1.82. The molecular weight excluding hydrogens is 797 g/mol. The van der Waals surface area contributed by atoms with Gasteiger partial charge in [0, 0.05) is 38.0 Å². The molecule has 0 aromatic heterocycles. The van der Waals surface area contributed by atoms with Gasteiger partial charge in [-0.1, -0.05) is 94.4 Å². The minimum atomic E-state index is -0.989. The first-order valence-electron chi connectivity index (χ1n) is 21.8. The van der Waals surface area contributed by atoms with Gasteiger partial charge in [0.25, 0.3) is 0 Å². The lowest BCUT2D eigenvalue weighted by Crippen LogP contribution is -2.44. The van der Waals surface area contributed by atoms with E-state index in [1.807, 2.05) is 78.5 Å². The van der Waals surface area contributed by atoms with Crippen LogP contribution in [0.5, 0.6) is 34.5 Å². The molecule has 7 aromatic carbocycles. The Morgan fingerprint density at radius 3 is 1.73 bits per heavy atom. The molecule has 0 unspecified atom stereocenters. The second kappa shape index (κ2) is 15.3. The fourth-order valence-electron chi connectivity index (χ4n) is 11.7. The van der Waals surface area contributed by atoms with Crippen molar-refractivity contribution in [3.05, 3.63) is 167 Å². The topological polar surface area (TPSA) is 46.2 Å². The highest BCUT2D eigenvalue weighted by Crippen LogP contribution is 2.67. The number of hydrogen-bond acceptors (Lipinski definition) is 6. The van der Waals surface area contributed by atoms with Gasteiger partial charge in [0.15, 0.2) is 5.60 Å². The third-order valence-electron chi connectivity index (χ3n) is 13.6. The molecule has 1 spiro atoms. The summed E-state index contributed by atoms with van der Waals surface area (Å²) < 4.78 is 31.8. The highest BCUT2D eigenvalue weighted by Gasteiger charge is 2.55. The lowest BCUT2D eigenvalue weighted by Gasteiger charge is -2.52. The SMILES string of the molecule is COc1ccc(-c2cc3c4c(c5c(c3cc2Oc2ccccc2)OC(c2ccc(OC)cc2)(c2ccc(OC)cc2)C=C5)C2(CC(C)(C)CC(C)(C)C2)c2cc(SC)ccc2-4)cc1. The minimum absolute atomic E-state index is 0.0780. The lowest BCUT2D eigenvalue weighted by molar-refractivity contribution is 0.0641. The molecule has 1 saturated carbocycles. The molecule has 1 heterocycles. The van der Waals surface area contributed by atoms with Gasteiger partial charge in [-0.25, -0.2) is 0 Å². The first kappa shape index (κ1) is 40.9. The lowest BCUT2D eigenvalue weighted by atomic mass is 9.52. The van der Waals surface area contributed by atoms with Gasteiger partial charge in [-0.05, 0) is 148 Å². The highest BCUT2D eigenvalue weighted by atomic mass is 32.2. The average Bonchev–Trinajstić information content (AvgIpc) is 3.55. The van der Waals surface area contributed by atoms with E-state index >= 15 is 0 Å². The van der Waals surface area contributed by atoms with Crippen LogP contribution in [0.15, 0.2) is 144 Å². The molecule has 7 aromatic rings. The minimum Gasteiger partial charge on any atom is -0.497 e. The first-order valence-corrected chi connectivity index (χ1v) is 23.0. The van der Waals surface area contributed by atoms with E-state index in [0.29, 0.717) is 0 Å². The summed E-state index contributed by atoms with van der Waals surface area (Å²) in [7, 11) is 5.11. The van der Waals surface area contributed by atoms with Crippen molar-refractivity contribution in [3.8, 4) is 56.8 Å². The Morgan fingerprint density at radius 2 is 1.16 bits per heavy atom. The van der Waals surface area contributed by atoms with Gasteiger partial charge < -0.3 is 23.7 Å². The fraction of sp³-hybridized carbons (Fsp3) is 0.263. The van der Waals surface area contributed by atoms with Gasteiger partial charge >= 0.3 is 0 Å². The third-order valence-corrected chi connectivity index (χ3v) is 14.3. The van der Waals surface area contributed by atoms with Gasteiger partial charge in [-0.3, -0.25) is 0 Å². The molecule has 0 amide bonds. The van der Waals surface area contributed by atoms with Crippen LogP contribution in [0.2, 0.25) is 0 Å². The Morgan fingerprint density at radius 1 is 0.571 bits per heavy atom. The molecule has 0 radical (unpaired) electrons. The molecule has 2 aliphatic carbocycles. The number of hydrogen-bond donors (Lipinski definition) is 0. The fourth-order valence-corrected chi connectivity index (χ4v) is 12.1. The summed E-state index contributed by atoms with van der Waals surface area (Å²) in [6.45, 7) is 9.88. The van der Waals surface area contributed by atoms with Crippen LogP contribution < -0.4 is 23.7 Å². The number of benzene rings is 7. The molecule has 6 heteroatoms. The Labute approximate surface area is 376 Å². The summed E-state index contributed by atoms with van der Waals surface area (Å²) in [5.41, 5.74) is 9.41. The van der Waals surface area contributed by atoms with Crippen molar-refractivity contribution in [1.29, 1.82) is 0 Å². The smallest absolute Gasteiger partial charge is 0.178 e. The maximum absolute atomic E-state index is 7.90. The summed E-state index contributed by atoms with van der Waals surface area (Å²) in [6.07, 6.45) is 10.0. The van der Waals surface area contributed by atoms with Crippen molar-refractivity contribution in [1.82, 2.24) is 0 Å². The normalized spacial score (nSPS) is 17.0. The number of rotatable bonds is 9. The number of fused-ring (bicyclic) bond motifs is 10. The summed E-state index contributed by atoms with van der Waals surface area (Å²) in [5, 5.41) is 2.13. The zero-order valence-electron chi connectivity index (χ0n) is 37.4. The molecular formula is C57H54O5S. The Balaban J connectivity index is 1.34. The van der Waals surface area contributed by atoms with Crippen molar-refractivity contribution < 1.29 is 23.7 Å². The molecule has 0 bridgehead atoms. The van der Waals surface area contributed by atoms with Gasteiger partial charge in [-0.15, -0.1) is 11.8 Å². The standard InChI is InChI=1S/C57H54O5S/c1-54(2)33-55(3,4)35-56(34-54)49-30-43(63-8)26-27-44(49)51-47-31-46(36-14-20-39(58-5)21-15-36)50(61-42-12-10-9-11-13-42)32-48(47)53-45(52(51)56)28-29-57(62-53,37-16-22-40(59-6)23-17-37)38-18-24-41(60-7)25-19-38/h9-32H,33-35H2,1-8H3. The van der Waals surface area contributed by atoms with E-state index in [2.05, 4.69) is 113 Å². The van der Waals surface area contributed by atoms with Crippen LogP contribution in [0.1, 0.15) is 74.8 Å². The largest absolute Gasteiger partial charge is 0.497 e. The summed E-state index contributed by atoms with van der Waals surface area (Å²) in [5.74, 6) is 4.71. The van der Waals surface area contributed by atoms with E-state index in [1.165, 1.54) is 27.1 Å². The Kier molecular flexibility index (Phi) is 9.94. The zero-order valence-corrected chi connectivity index (χ0v) is 38.2. The van der Waals surface area contributed by atoms with Gasteiger partial charge in [0.2, 0.25) is 0 Å². The average molecular weight is 851 g/mol. The maximum Gasteiger partial charge on any atom is 0.178 e. The van der Waals surface area contributed by atoms with E-state index in [-0.39, 0.29) is 16.2 Å². The summed E-state index contributed by atoms with van der Waals surface area (Å²) in [6, 6.07) is 46.7. The van der Waals surface area contributed by atoms with Crippen molar-refractivity contribution in [2.24, 2.45) is 10.8 Å². The molecule has 63 heavy (non-hydrogen) atoms. The van der Waals surface area contributed by atoms with Gasteiger partial charge in [0.1, 0.15) is 34.5 Å². The molecule has 0 saturated heterocycles. The van der Waals surface area contributed by atoms with Crippen molar-refractivity contribution in [2.45, 2.75) is 62.9 Å². The monoisotopic (exact) mass is 850 g/mol. The number of ether oxygens (including phenoxy) is 5. The molecule has 3 aliphatic rings. The predicted molar refractivity (Wildman–Crippen MR) is 258 cm³/mol. The van der Waals surface area contributed by atoms with Crippen molar-refractivity contribution in [3.63, 3.8) is 0 Å². The van der Waals surface area contributed by atoms with Gasteiger partial charge in [0.05, 0.1) is 21.3 Å². The molecule has 1 aliphatic heterocycles. The number of methoxy groups -OCH3 is 3. The van der Waals surface area contributed by atoms with Crippen LogP contribution in [-0.2, 0) is 11.0 Å². The van der Waals surface area contributed by atoms with E-state index in [4.69, 9.17) is 23.7 Å². The molecule has 5 nitrogen and oxygen atoms in total. The predicted octanol–water partition coefficient (Wildman–Crippen LogP) is 14.9. The van der Waals surface area contributed by atoms with Crippen molar-refractivity contribution in [2.75, 3.05) is 27.6 Å². The molecule has 1 fully saturated rings. The Hall–Kier alpha value is -6.11. The van der Waals surface area contributed by atoms with E-state index in [0.717, 1.165) is 92.3 Å². The van der Waals surface area contributed by atoms with Crippen LogP contribution in [-0.4, -0.2) is 27.6 Å². The first-order chi connectivity index (χ1) is 30.4. The molecule has 318 valence electrons. The van der Waals surface area contributed by atoms with Crippen LogP contribution in [0.4, 0.5) is 0 Å². The van der Waals surface area contributed by atoms with Crippen LogP contribution in [0, 0.1) is 10.8 Å². The quantitative estimate of drug-likeness (QED) is 0.135. The number of thioether (sulfide) groups is 1.